The van der Waals surface area contributed by atoms with Crippen LogP contribution in [0.15, 0.2) is 78.9 Å². The summed E-state index contributed by atoms with van der Waals surface area (Å²) in [4.78, 5) is 13.0. The maximum atomic E-state index is 11.3. The zero-order chi connectivity index (χ0) is 22.2. The highest BCUT2D eigenvalue weighted by Gasteiger charge is 2.13. The third-order valence-electron chi connectivity index (χ3n) is 5.31. The number of amides is 1. The van der Waals surface area contributed by atoms with Crippen LogP contribution in [0.3, 0.4) is 0 Å². The molecule has 1 amide bonds. The molecule has 4 nitrogen and oxygen atoms in total. The summed E-state index contributed by atoms with van der Waals surface area (Å²) < 4.78 is 5.81. The quantitative estimate of drug-likeness (QED) is 0.486. The van der Waals surface area contributed by atoms with E-state index in [2.05, 4.69) is 43.3 Å². The SMILES string of the molecule is CC/C(=C(/c1ccc(O)cc1)c1ccc(OCCN(C)C(C)=O)cc1)c1ccccc1. The van der Waals surface area contributed by atoms with Gasteiger partial charge in [0.1, 0.15) is 18.1 Å². The number of aromatic hydroxyl groups is 1. The van der Waals surface area contributed by atoms with Crippen LogP contribution in [0, 0.1) is 0 Å². The molecule has 3 aromatic rings. The van der Waals surface area contributed by atoms with Crippen molar-refractivity contribution in [1.82, 2.24) is 4.90 Å². The van der Waals surface area contributed by atoms with Gasteiger partial charge in [-0.15, -0.1) is 0 Å². The number of phenolic OH excluding ortho intramolecular Hbond substituents is 1. The predicted octanol–water partition coefficient (Wildman–Crippen LogP) is 5.62. The van der Waals surface area contributed by atoms with Gasteiger partial charge >= 0.3 is 0 Å². The number of benzene rings is 3. The van der Waals surface area contributed by atoms with Crippen molar-refractivity contribution < 1.29 is 14.6 Å². The second-order valence-electron chi connectivity index (χ2n) is 7.43. The number of hydrogen-bond donors (Lipinski definition) is 1. The molecule has 0 aliphatic heterocycles. The van der Waals surface area contributed by atoms with Gasteiger partial charge in [-0.1, -0.05) is 61.5 Å². The molecule has 0 bridgehead atoms. The summed E-state index contributed by atoms with van der Waals surface area (Å²) in [6.07, 6.45) is 0.871. The third-order valence-corrected chi connectivity index (χ3v) is 5.31. The molecule has 0 fully saturated rings. The Labute approximate surface area is 184 Å². The first-order valence-electron chi connectivity index (χ1n) is 10.5. The molecule has 0 heterocycles. The Morgan fingerprint density at radius 3 is 2.00 bits per heavy atom. The largest absolute Gasteiger partial charge is 0.508 e. The number of ether oxygens (including phenoxy) is 1. The van der Waals surface area contributed by atoms with Gasteiger partial charge in [-0.25, -0.2) is 0 Å². The molecule has 4 heteroatoms. The summed E-state index contributed by atoms with van der Waals surface area (Å²) in [5, 5.41) is 9.76. The van der Waals surface area contributed by atoms with Crippen molar-refractivity contribution in [2.24, 2.45) is 0 Å². The molecule has 0 saturated carbocycles. The maximum Gasteiger partial charge on any atom is 0.219 e. The second-order valence-corrected chi connectivity index (χ2v) is 7.43. The van der Waals surface area contributed by atoms with Gasteiger partial charge < -0.3 is 14.7 Å². The lowest BCUT2D eigenvalue weighted by atomic mass is 9.88. The van der Waals surface area contributed by atoms with E-state index in [1.54, 1.807) is 31.0 Å². The molecule has 0 radical (unpaired) electrons. The van der Waals surface area contributed by atoms with Crippen LogP contribution in [0.2, 0.25) is 0 Å². The Bertz CT molecular complexity index is 1020. The molecular formula is C27H29NO3. The molecule has 0 atom stereocenters. The van der Waals surface area contributed by atoms with Crippen molar-refractivity contribution in [3.05, 3.63) is 95.6 Å². The van der Waals surface area contributed by atoms with E-state index >= 15 is 0 Å². The topological polar surface area (TPSA) is 49.8 Å². The van der Waals surface area contributed by atoms with Crippen LogP contribution in [0.25, 0.3) is 11.1 Å². The highest BCUT2D eigenvalue weighted by atomic mass is 16.5. The highest BCUT2D eigenvalue weighted by Crippen LogP contribution is 2.35. The standard InChI is InChI=1S/C27H29NO3/c1-4-26(21-8-6-5-7-9-21)27(22-10-14-24(30)15-11-22)23-12-16-25(17-13-23)31-19-18-28(3)20(2)29/h5-17,30H,4,18-19H2,1-3H3/b27-26+. The number of rotatable bonds is 8. The van der Waals surface area contributed by atoms with E-state index in [0.29, 0.717) is 13.2 Å². The van der Waals surface area contributed by atoms with E-state index in [-0.39, 0.29) is 11.7 Å². The van der Waals surface area contributed by atoms with E-state index in [0.717, 1.165) is 28.9 Å². The monoisotopic (exact) mass is 415 g/mol. The van der Waals surface area contributed by atoms with Crippen LogP contribution in [0.5, 0.6) is 11.5 Å². The number of carbonyl (C=O) groups is 1. The van der Waals surface area contributed by atoms with E-state index in [4.69, 9.17) is 4.74 Å². The second kappa shape index (κ2) is 10.5. The molecule has 0 aromatic heterocycles. The molecule has 0 aliphatic carbocycles. The van der Waals surface area contributed by atoms with Gasteiger partial charge in [-0.2, -0.15) is 0 Å². The summed E-state index contributed by atoms with van der Waals surface area (Å²) in [5.74, 6) is 1.04. The Morgan fingerprint density at radius 2 is 1.45 bits per heavy atom. The van der Waals surface area contributed by atoms with Crippen molar-refractivity contribution in [2.45, 2.75) is 20.3 Å². The van der Waals surface area contributed by atoms with Gasteiger partial charge in [0.2, 0.25) is 5.91 Å². The maximum absolute atomic E-state index is 11.3. The summed E-state index contributed by atoms with van der Waals surface area (Å²) >= 11 is 0. The van der Waals surface area contributed by atoms with Gasteiger partial charge in [-0.3, -0.25) is 4.79 Å². The number of nitrogens with zero attached hydrogens (tertiary/aromatic N) is 1. The summed E-state index contributed by atoms with van der Waals surface area (Å²) in [6, 6.07) is 25.8. The van der Waals surface area contributed by atoms with E-state index in [1.165, 1.54) is 11.1 Å². The van der Waals surface area contributed by atoms with Crippen molar-refractivity contribution in [3.63, 3.8) is 0 Å². The zero-order valence-electron chi connectivity index (χ0n) is 18.3. The zero-order valence-corrected chi connectivity index (χ0v) is 18.3. The van der Waals surface area contributed by atoms with Gasteiger partial charge in [-0.05, 0) is 58.5 Å². The smallest absolute Gasteiger partial charge is 0.219 e. The lowest BCUT2D eigenvalue weighted by molar-refractivity contribution is -0.127. The Morgan fingerprint density at radius 1 is 0.871 bits per heavy atom. The summed E-state index contributed by atoms with van der Waals surface area (Å²) in [6.45, 7) is 4.69. The average molecular weight is 416 g/mol. The van der Waals surface area contributed by atoms with Crippen LogP contribution in [0.1, 0.15) is 37.0 Å². The van der Waals surface area contributed by atoms with Crippen molar-refractivity contribution in [2.75, 3.05) is 20.2 Å². The normalized spacial score (nSPS) is 11.6. The molecule has 1 N–H and O–H groups in total. The molecular weight excluding hydrogens is 386 g/mol. The van der Waals surface area contributed by atoms with E-state index < -0.39 is 0 Å². The Kier molecular flexibility index (Phi) is 7.50. The number of hydrogen-bond acceptors (Lipinski definition) is 3. The number of carbonyl (C=O) groups excluding carboxylic acids is 1. The lowest BCUT2D eigenvalue weighted by Crippen LogP contribution is -2.28. The Balaban J connectivity index is 1.94. The van der Waals surface area contributed by atoms with Gasteiger partial charge in [0.25, 0.3) is 0 Å². The molecule has 0 saturated heterocycles. The molecule has 31 heavy (non-hydrogen) atoms. The predicted molar refractivity (Wildman–Crippen MR) is 126 cm³/mol. The van der Waals surface area contributed by atoms with Crippen LogP contribution < -0.4 is 4.74 Å². The molecule has 0 unspecified atom stereocenters. The van der Waals surface area contributed by atoms with Crippen molar-refractivity contribution in [1.29, 1.82) is 0 Å². The highest BCUT2D eigenvalue weighted by molar-refractivity contribution is 5.98. The first kappa shape index (κ1) is 22.2. The van der Waals surface area contributed by atoms with Gasteiger partial charge in [0.05, 0.1) is 6.54 Å². The van der Waals surface area contributed by atoms with Crippen LogP contribution in [-0.2, 0) is 4.79 Å². The molecule has 3 rings (SSSR count). The minimum Gasteiger partial charge on any atom is -0.508 e. The lowest BCUT2D eigenvalue weighted by Gasteiger charge is -2.17. The van der Waals surface area contributed by atoms with Crippen molar-refractivity contribution >= 4 is 17.1 Å². The fourth-order valence-electron chi connectivity index (χ4n) is 3.48. The third kappa shape index (κ3) is 5.76. The van der Waals surface area contributed by atoms with Crippen LogP contribution >= 0.6 is 0 Å². The van der Waals surface area contributed by atoms with Crippen LogP contribution in [0.4, 0.5) is 0 Å². The van der Waals surface area contributed by atoms with E-state index in [1.807, 2.05) is 30.3 Å². The first-order valence-corrected chi connectivity index (χ1v) is 10.5. The minimum absolute atomic E-state index is 0.0237. The average Bonchev–Trinajstić information content (AvgIpc) is 2.79. The van der Waals surface area contributed by atoms with Crippen molar-refractivity contribution in [3.8, 4) is 11.5 Å². The molecule has 3 aromatic carbocycles. The first-order chi connectivity index (χ1) is 15.0. The summed E-state index contributed by atoms with van der Waals surface area (Å²) in [7, 11) is 1.76. The van der Waals surface area contributed by atoms with E-state index in [9.17, 15) is 9.90 Å². The Hall–Kier alpha value is -3.53. The fourth-order valence-corrected chi connectivity index (χ4v) is 3.48. The number of allylic oxidation sites excluding steroid dienone is 1. The molecule has 0 aliphatic rings. The fraction of sp³-hybridized carbons (Fsp3) is 0.222. The molecule has 160 valence electrons. The minimum atomic E-state index is 0.0237. The van der Waals surface area contributed by atoms with Gasteiger partial charge in [0, 0.05) is 14.0 Å². The summed E-state index contributed by atoms with van der Waals surface area (Å²) in [5.41, 5.74) is 5.69. The van der Waals surface area contributed by atoms with Crippen LogP contribution in [-0.4, -0.2) is 36.1 Å². The number of phenols is 1. The van der Waals surface area contributed by atoms with Gasteiger partial charge in [0.15, 0.2) is 0 Å². The molecule has 0 spiro atoms. The number of likely N-dealkylation sites (N-methyl/N-ethyl adjacent to an activating group) is 1.